The van der Waals surface area contributed by atoms with Crippen molar-refractivity contribution in [3.63, 3.8) is 0 Å². The number of thioether (sulfide) groups is 1. The Morgan fingerprint density at radius 2 is 1.82 bits per heavy atom. The summed E-state index contributed by atoms with van der Waals surface area (Å²) in [4.78, 5) is 67.1. The number of hydrogen-bond donors (Lipinski definition) is 2. The van der Waals surface area contributed by atoms with Crippen molar-refractivity contribution in [3.8, 4) is 11.5 Å². The number of carbonyl (C=O) groups excluding carboxylic acids is 3. The first-order chi connectivity index (χ1) is 21.1. The molecule has 44 heavy (non-hydrogen) atoms. The van der Waals surface area contributed by atoms with Crippen LogP contribution in [0.5, 0.6) is 11.5 Å². The van der Waals surface area contributed by atoms with Gasteiger partial charge in [0.2, 0.25) is 11.8 Å². The van der Waals surface area contributed by atoms with Crippen molar-refractivity contribution in [1.82, 2.24) is 4.98 Å². The number of imide groups is 1. The number of nitro benzene ring substituents is 1. The highest BCUT2D eigenvalue weighted by molar-refractivity contribution is 8.00. The number of carbonyl (C=O) groups is 3. The monoisotopic (exact) mass is 632 g/mol. The Bertz CT molecular complexity index is 1870. The van der Waals surface area contributed by atoms with Gasteiger partial charge >= 0.3 is 4.87 Å². The molecule has 224 valence electrons. The number of aryl methyl sites for hydroxylation is 1. The van der Waals surface area contributed by atoms with Crippen LogP contribution in [-0.4, -0.2) is 46.6 Å². The Kier molecular flexibility index (Phi) is 7.69. The van der Waals surface area contributed by atoms with Gasteiger partial charge in [-0.2, -0.15) is 0 Å². The largest absolute Gasteiger partial charge is 0.493 e. The minimum Gasteiger partial charge on any atom is -0.493 e. The smallest absolute Gasteiger partial charge is 0.305 e. The predicted molar refractivity (Wildman–Crippen MR) is 164 cm³/mol. The van der Waals surface area contributed by atoms with Gasteiger partial charge in [0.05, 0.1) is 28.7 Å². The van der Waals surface area contributed by atoms with Crippen LogP contribution in [-0.2, 0) is 14.4 Å². The molecule has 1 saturated heterocycles. The maximum absolute atomic E-state index is 13.9. The lowest BCUT2D eigenvalue weighted by molar-refractivity contribution is -0.384. The molecule has 3 heterocycles. The number of anilines is 2. The van der Waals surface area contributed by atoms with Gasteiger partial charge in [-0.05, 0) is 54.4 Å². The number of ether oxygens (including phenoxy) is 2. The Labute approximate surface area is 258 Å². The molecule has 3 aromatic carbocycles. The van der Waals surface area contributed by atoms with Gasteiger partial charge in [-0.15, -0.1) is 0 Å². The highest BCUT2D eigenvalue weighted by Crippen LogP contribution is 2.53. The van der Waals surface area contributed by atoms with Crippen molar-refractivity contribution in [3.05, 3.63) is 103 Å². The summed E-state index contributed by atoms with van der Waals surface area (Å²) in [7, 11) is 1.44. The van der Waals surface area contributed by atoms with Crippen LogP contribution in [0.1, 0.15) is 21.9 Å². The molecule has 0 saturated carbocycles. The molecule has 14 heteroatoms. The molecule has 2 N–H and O–H groups in total. The molecular formula is C30H24N4O8S2. The normalized spacial score (nSPS) is 18.9. The van der Waals surface area contributed by atoms with Crippen LogP contribution in [0, 0.1) is 23.0 Å². The van der Waals surface area contributed by atoms with Gasteiger partial charge in [-0.3, -0.25) is 29.3 Å². The number of methoxy groups -OCH3 is 1. The van der Waals surface area contributed by atoms with E-state index in [1.54, 1.807) is 24.3 Å². The second-order valence-electron chi connectivity index (χ2n) is 10.2. The fourth-order valence-electron chi connectivity index (χ4n) is 5.41. The highest BCUT2D eigenvalue weighted by Gasteiger charge is 2.56. The lowest BCUT2D eigenvalue weighted by Crippen LogP contribution is -2.32. The van der Waals surface area contributed by atoms with Crippen molar-refractivity contribution in [2.75, 3.05) is 23.9 Å². The SMILES string of the molecule is COc1cc([C@@H]2c3sc(=O)[nH]c3S[C@H]3C(=O)N(c4ccc([N+](=O)[O-])cc4)C(=O)[C@@H]23)ccc1OCC(=O)Nc1cccc(C)c1. The Hall–Kier alpha value is -4.95. The summed E-state index contributed by atoms with van der Waals surface area (Å²) < 4.78 is 11.3. The van der Waals surface area contributed by atoms with Gasteiger partial charge in [0.1, 0.15) is 5.25 Å². The molecule has 2 aliphatic heterocycles. The maximum Gasteiger partial charge on any atom is 0.305 e. The minimum atomic E-state index is -0.863. The molecule has 6 rings (SSSR count). The van der Waals surface area contributed by atoms with Gasteiger partial charge in [0.15, 0.2) is 18.1 Å². The fraction of sp³-hybridized carbons (Fsp3) is 0.200. The Morgan fingerprint density at radius 1 is 1.05 bits per heavy atom. The average Bonchev–Trinajstić information content (AvgIpc) is 3.49. The number of rotatable bonds is 8. The maximum atomic E-state index is 13.9. The standard InChI is InChI=1S/C30H24N4O8S2/c1-15-4-3-5-17(12-15)31-22(35)14-42-20-11-6-16(13-21(20)41-2)23-24-26(43-27-25(23)44-30(38)32-27)29(37)33(28(24)36)18-7-9-19(10-8-18)34(39)40/h3-13,23-24,26H,14H2,1-2H3,(H,31,35)(H,32,38)/t23-,24-,26+/m0/s1. The number of thiazole rings is 1. The lowest BCUT2D eigenvalue weighted by atomic mass is 9.83. The van der Waals surface area contributed by atoms with Gasteiger partial charge in [0, 0.05) is 28.6 Å². The zero-order chi connectivity index (χ0) is 31.1. The molecule has 0 radical (unpaired) electrons. The van der Waals surface area contributed by atoms with Crippen molar-refractivity contribution in [2.45, 2.75) is 23.1 Å². The van der Waals surface area contributed by atoms with Gasteiger partial charge in [-0.1, -0.05) is 41.3 Å². The summed E-state index contributed by atoms with van der Waals surface area (Å²) in [6, 6.07) is 17.6. The van der Waals surface area contributed by atoms with Crippen molar-refractivity contribution >= 4 is 57.9 Å². The molecule has 3 amide bonds. The number of hydrogen-bond acceptors (Lipinski definition) is 10. The number of non-ortho nitro benzene ring substituents is 1. The third-order valence-corrected chi connectivity index (χ3v) is 9.75. The predicted octanol–water partition coefficient (Wildman–Crippen LogP) is 4.47. The number of fused-ring (bicyclic) bond motifs is 2. The van der Waals surface area contributed by atoms with Crippen LogP contribution >= 0.6 is 23.1 Å². The average molecular weight is 633 g/mol. The van der Waals surface area contributed by atoms with Crippen LogP contribution in [0.25, 0.3) is 0 Å². The highest BCUT2D eigenvalue weighted by atomic mass is 32.2. The lowest BCUT2D eigenvalue weighted by Gasteiger charge is -2.30. The molecular weight excluding hydrogens is 608 g/mol. The number of nitrogens with one attached hydrogen (secondary N) is 2. The van der Waals surface area contributed by atoms with E-state index in [2.05, 4.69) is 10.3 Å². The quantitative estimate of drug-likeness (QED) is 0.162. The number of aromatic amines is 1. The third-order valence-electron chi connectivity index (χ3n) is 7.35. The van der Waals surface area contributed by atoms with Crippen molar-refractivity contribution in [1.29, 1.82) is 0 Å². The van der Waals surface area contributed by atoms with Gasteiger partial charge < -0.3 is 19.8 Å². The summed E-state index contributed by atoms with van der Waals surface area (Å²) >= 11 is 2.09. The Morgan fingerprint density at radius 3 is 2.52 bits per heavy atom. The second-order valence-corrected chi connectivity index (χ2v) is 12.3. The van der Waals surface area contributed by atoms with Crippen LogP contribution in [0.3, 0.4) is 0 Å². The summed E-state index contributed by atoms with van der Waals surface area (Å²) in [5.74, 6) is -2.27. The fourth-order valence-corrected chi connectivity index (χ4v) is 7.93. The summed E-state index contributed by atoms with van der Waals surface area (Å²) in [5, 5.41) is 13.6. The molecule has 2 aliphatic rings. The summed E-state index contributed by atoms with van der Waals surface area (Å²) in [5.41, 5.74) is 2.31. The van der Waals surface area contributed by atoms with Crippen molar-refractivity contribution in [2.24, 2.45) is 5.92 Å². The molecule has 0 unspecified atom stereocenters. The molecule has 0 bridgehead atoms. The molecule has 0 aliphatic carbocycles. The number of aromatic nitrogens is 1. The first-order valence-electron chi connectivity index (χ1n) is 13.3. The van der Waals surface area contributed by atoms with E-state index in [0.717, 1.165) is 33.6 Å². The molecule has 4 aromatic rings. The Balaban J connectivity index is 1.29. The van der Waals surface area contributed by atoms with E-state index in [0.29, 0.717) is 32.7 Å². The summed E-state index contributed by atoms with van der Waals surface area (Å²) in [6.45, 7) is 1.64. The van der Waals surface area contributed by atoms with E-state index in [-0.39, 0.29) is 28.8 Å². The number of benzene rings is 3. The minimum absolute atomic E-state index is 0.167. The van der Waals surface area contributed by atoms with Gasteiger partial charge in [-0.25, -0.2) is 4.90 Å². The van der Waals surface area contributed by atoms with E-state index in [1.807, 2.05) is 25.1 Å². The zero-order valence-corrected chi connectivity index (χ0v) is 24.9. The first kappa shape index (κ1) is 29.1. The van der Waals surface area contributed by atoms with Crippen molar-refractivity contribution < 1.29 is 28.8 Å². The topological polar surface area (TPSA) is 161 Å². The van der Waals surface area contributed by atoms with Crippen LogP contribution in [0.4, 0.5) is 17.1 Å². The molecule has 1 fully saturated rings. The van der Waals surface area contributed by atoms with Crippen LogP contribution in [0.15, 0.2) is 76.6 Å². The third kappa shape index (κ3) is 5.33. The molecule has 1 aromatic heterocycles. The first-order valence-corrected chi connectivity index (χ1v) is 15.0. The van der Waals surface area contributed by atoms with E-state index in [1.165, 1.54) is 31.4 Å². The van der Waals surface area contributed by atoms with E-state index in [9.17, 15) is 29.3 Å². The van der Waals surface area contributed by atoms with Gasteiger partial charge in [0.25, 0.3) is 11.6 Å². The molecule has 3 atom stereocenters. The van der Waals surface area contributed by atoms with Crippen LogP contribution in [0.2, 0.25) is 0 Å². The van der Waals surface area contributed by atoms with E-state index < -0.39 is 33.8 Å². The van der Waals surface area contributed by atoms with E-state index in [4.69, 9.17) is 9.47 Å². The summed E-state index contributed by atoms with van der Waals surface area (Å²) in [6.07, 6.45) is 0. The number of amides is 3. The van der Waals surface area contributed by atoms with Crippen LogP contribution < -0.4 is 24.6 Å². The number of nitrogens with zero attached hydrogens (tertiary/aromatic N) is 2. The second kappa shape index (κ2) is 11.6. The molecule has 12 nitrogen and oxygen atoms in total. The zero-order valence-electron chi connectivity index (χ0n) is 23.3. The number of nitro groups is 1. The molecule has 0 spiro atoms. The number of H-pyrrole nitrogens is 1. The van der Waals surface area contributed by atoms with E-state index >= 15 is 0 Å².